The number of nitrogens with one attached hydrogen (secondary N) is 2. The molecule has 0 aliphatic heterocycles. The van der Waals surface area contributed by atoms with Gasteiger partial charge in [-0.3, -0.25) is 0 Å². The maximum Gasteiger partial charge on any atom is 0.145 e. The van der Waals surface area contributed by atoms with E-state index >= 15 is 0 Å². The maximum absolute atomic E-state index is 13.1. The second-order valence-electron chi connectivity index (χ2n) is 3.90. The van der Waals surface area contributed by atoms with Gasteiger partial charge in [-0.15, -0.1) is 0 Å². The molecule has 0 aliphatic carbocycles. The smallest absolute Gasteiger partial charge is 0.145 e. The van der Waals surface area contributed by atoms with Gasteiger partial charge in [0.15, 0.2) is 0 Å². The van der Waals surface area contributed by atoms with Crippen molar-refractivity contribution in [2.45, 2.75) is 20.4 Å². The first-order valence-corrected chi connectivity index (χ1v) is 5.85. The van der Waals surface area contributed by atoms with Crippen molar-refractivity contribution in [3.05, 3.63) is 41.7 Å². The highest BCUT2D eigenvalue weighted by Crippen LogP contribution is 2.25. The predicted molar refractivity (Wildman–Crippen MR) is 68.2 cm³/mol. The molecule has 2 N–H and O–H groups in total. The van der Waals surface area contributed by atoms with E-state index in [2.05, 4.69) is 15.3 Å². The Morgan fingerprint density at radius 1 is 1.44 bits per heavy atom. The lowest BCUT2D eigenvalue weighted by molar-refractivity contribution is 0.339. The van der Waals surface area contributed by atoms with Gasteiger partial charge in [-0.1, -0.05) is 0 Å². The topological polar surface area (TPSA) is 49.9 Å². The number of hydrogen-bond donors (Lipinski definition) is 2. The van der Waals surface area contributed by atoms with Crippen LogP contribution < -0.4 is 10.1 Å². The normalized spacial score (nSPS) is 10.4. The van der Waals surface area contributed by atoms with Gasteiger partial charge in [0.2, 0.25) is 0 Å². The van der Waals surface area contributed by atoms with Gasteiger partial charge in [-0.2, -0.15) is 0 Å². The fourth-order valence-corrected chi connectivity index (χ4v) is 1.66. The summed E-state index contributed by atoms with van der Waals surface area (Å²) < 4.78 is 18.5. The lowest BCUT2D eigenvalue weighted by Crippen LogP contribution is -2.04. The molecule has 0 spiro atoms. The molecule has 1 heterocycles. The standard InChI is InChI=1S/C13H16FN3O/c1-3-18-13-6-10(14)4-5-11(13)15-7-12-9(2)16-8-17-12/h4-6,8,15H,3,7H2,1-2H3,(H,16,17). The molecule has 18 heavy (non-hydrogen) atoms. The quantitative estimate of drug-likeness (QED) is 0.856. The highest BCUT2D eigenvalue weighted by Gasteiger charge is 2.06. The van der Waals surface area contributed by atoms with Gasteiger partial charge in [0.1, 0.15) is 11.6 Å². The van der Waals surface area contributed by atoms with Crippen LogP contribution in [0.2, 0.25) is 0 Å². The molecule has 1 aromatic heterocycles. The highest BCUT2D eigenvalue weighted by atomic mass is 19.1. The second-order valence-corrected chi connectivity index (χ2v) is 3.90. The lowest BCUT2D eigenvalue weighted by atomic mass is 10.2. The minimum atomic E-state index is -0.306. The summed E-state index contributed by atoms with van der Waals surface area (Å²) in [7, 11) is 0. The molecule has 5 heteroatoms. The number of hydrogen-bond acceptors (Lipinski definition) is 3. The van der Waals surface area contributed by atoms with Crippen LogP contribution in [0.1, 0.15) is 18.3 Å². The number of rotatable bonds is 5. The van der Waals surface area contributed by atoms with Crippen LogP contribution in [0.4, 0.5) is 10.1 Å². The Morgan fingerprint density at radius 3 is 2.94 bits per heavy atom. The number of anilines is 1. The Bertz CT molecular complexity index is 525. The molecular formula is C13H16FN3O. The van der Waals surface area contributed by atoms with E-state index in [4.69, 9.17) is 4.74 Å². The van der Waals surface area contributed by atoms with Crippen molar-refractivity contribution in [3.8, 4) is 5.75 Å². The molecule has 4 nitrogen and oxygen atoms in total. The van der Waals surface area contributed by atoms with Crippen LogP contribution in [0.15, 0.2) is 24.5 Å². The number of halogens is 1. The number of H-pyrrole nitrogens is 1. The van der Waals surface area contributed by atoms with Crippen molar-refractivity contribution in [3.63, 3.8) is 0 Å². The molecule has 0 unspecified atom stereocenters. The Labute approximate surface area is 105 Å². The minimum absolute atomic E-state index is 0.306. The predicted octanol–water partition coefficient (Wildman–Crippen LogP) is 2.87. The molecular weight excluding hydrogens is 233 g/mol. The van der Waals surface area contributed by atoms with E-state index in [9.17, 15) is 4.39 Å². The zero-order valence-corrected chi connectivity index (χ0v) is 10.5. The van der Waals surface area contributed by atoms with Crippen LogP contribution in [-0.4, -0.2) is 16.6 Å². The summed E-state index contributed by atoms with van der Waals surface area (Å²) in [6.45, 7) is 4.89. The van der Waals surface area contributed by atoms with Gasteiger partial charge in [0.05, 0.1) is 30.9 Å². The second kappa shape index (κ2) is 5.53. The molecule has 0 fully saturated rings. The zero-order chi connectivity index (χ0) is 13.0. The van der Waals surface area contributed by atoms with Crippen molar-refractivity contribution in [1.29, 1.82) is 0 Å². The van der Waals surface area contributed by atoms with E-state index in [-0.39, 0.29) is 5.82 Å². The average Bonchev–Trinajstić information content (AvgIpc) is 2.74. The van der Waals surface area contributed by atoms with Gasteiger partial charge < -0.3 is 15.0 Å². The summed E-state index contributed by atoms with van der Waals surface area (Å²) >= 11 is 0. The minimum Gasteiger partial charge on any atom is -0.492 e. The van der Waals surface area contributed by atoms with Crippen molar-refractivity contribution >= 4 is 5.69 Å². The summed E-state index contributed by atoms with van der Waals surface area (Å²) in [5.74, 6) is 0.214. The Balaban J connectivity index is 2.11. The van der Waals surface area contributed by atoms with E-state index in [1.165, 1.54) is 12.1 Å². The maximum atomic E-state index is 13.1. The van der Waals surface area contributed by atoms with Gasteiger partial charge in [-0.05, 0) is 26.0 Å². The molecule has 0 saturated heterocycles. The molecule has 2 aromatic rings. The summed E-state index contributed by atoms with van der Waals surface area (Å²) in [6.07, 6.45) is 1.65. The number of ether oxygens (including phenoxy) is 1. The average molecular weight is 249 g/mol. The Hall–Kier alpha value is -2.04. The number of imidazole rings is 1. The molecule has 0 saturated carbocycles. The fraction of sp³-hybridized carbons (Fsp3) is 0.308. The van der Waals surface area contributed by atoms with Gasteiger partial charge in [-0.25, -0.2) is 9.37 Å². The fourth-order valence-electron chi connectivity index (χ4n) is 1.66. The Kier molecular flexibility index (Phi) is 3.82. The van der Waals surface area contributed by atoms with Gasteiger partial charge in [0.25, 0.3) is 0 Å². The van der Waals surface area contributed by atoms with Crippen molar-refractivity contribution < 1.29 is 9.13 Å². The molecule has 96 valence electrons. The van der Waals surface area contributed by atoms with E-state index < -0.39 is 0 Å². The molecule has 0 amide bonds. The number of aryl methyl sites for hydroxylation is 1. The number of aromatic nitrogens is 2. The van der Waals surface area contributed by atoms with Crippen LogP contribution in [0.25, 0.3) is 0 Å². The number of nitrogens with zero attached hydrogens (tertiary/aromatic N) is 1. The first kappa shape index (κ1) is 12.4. The van der Waals surface area contributed by atoms with E-state index in [0.717, 1.165) is 17.1 Å². The van der Waals surface area contributed by atoms with Crippen molar-refractivity contribution in [1.82, 2.24) is 9.97 Å². The molecule has 1 aromatic carbocycles. The number of benzene rings is 1. The molecule has 0 aliphatic rings. The largest absolute Gasteiger partial charge is 0.492 e. The molecule has 2 rings (SSSR count). The summed E-state index contributed by atoms with van der Waals surface area (Å²) in [6, 6.07) is 4.45. The first-order chi connectivity index (χ1) is 8.70. The third kappa shape index (κ3) is 2.80. The van der Waals surface area contributed by atoms with Crippen LogP contribution in [-0.2, 0) is 6.54 Å². The summed E-state index contributed by atoms with van der Waals surface area (Å²) in [5.41, 5.74) is 2.71. The van der Waals surface area contributed by atoms with E-state index in [1.807, 2.05) is 13.8 Å². The van der Waals surface area contributed by atoms with Crippen LogP contribution in [0.3, 0.4) is 0 Å². The summed E-state index contributed by atoms with van der Waals surface area (Å²) in [5, 5.41) is 3.19. The van der Waals surface area contributed by atoms with Crippen molar-refractivity contribution in [2.75, 3.05) is 11.9 Å². The van der Waals surface area contributed by atoms with E-state index in [0.29, 0.717) is 18.9 Å². The van der Waals surface area contributed by atoms with E-state index in [1.54, 1.807) is 12.4 Å². The lowest BCUT2D eigenvalue weighted by Gasteiger charge is -2.12. The van der Waals surface area contributed by atoms with Crippen LogP contribution >= 0.6 is 0 Å². The van der Waals surface area contributed by atoms with Gasteiger partial charge in [0, 0.05) is 11.8 Å². The van der Waals surface area contributed by atoms with Gasteiger partial charge >= 0.3 is 0 Å². The third-order valence-corrected chi connectivity index (χ3v) is 2.62. The first-order valence-electron chi connectivity index (χ1n) is 5.85. The SMILES string of the molecule is CCOc1cc(F)ccc1NCc1nc[nH]c1C. The summed E-state index contributed by atoms with van der Waals surface area (Å²) in [4.78, 5) is 7.20. The zero-order valence-electron chi connectivity index (χ0n) is 10.5. The number of aromatic amines is 1. The molecule has 0 bridgehead atoms. The van der Waals surface area contributed by atoms with Crippen LogP contribution in [0.5, 0.6) is 5.75 Å². The Morgan fingerprint density at radius 2 is 2.28 bits per heavy atom. The molecule has 0 radical (unpaired) electrons. The third-order valence-electron chi connectivity index (χ3n) is 2.62. The molecule has 0 atom stereocenters. The highest BCUT2D eigenvalue weighted by molar-refractivity contribution is 5.56. The monoisotopic (exact) mass is 249 g/mol. The van der Waals surface area contributed by atoms with Crippen molar-refractivity contribution in [2.24, 2.45) is 0 Å². The van der Waals surface area contributed by atoms with Crippen LogP contribution in [0, 0.1) is 12.7 Å².